The molecule has 0 fully saturated rings. The molecule has 2 heteroatoms. The van der Waals surface area contributed by atoms with Crippen molar-refractivity contribution in [2.45, 2.75) is 47.5 Å². The summed E-state index contributed by atoms with van der Waals surface area (Å²) in [6.07, 6.45) is 2.30. The van der Waals surface area contributed by atoms with Gasteiger partial charge in [0.2, 0.25) is 0 Å². The predicted molar refractivity (Wildman–Crippen MR) is 69.7 cm³/mol. The zero-order chi connectivity index (χ0) is 12.4. The van der Waals surface area contributed by atoms with Crippen LogP contribution in [0.4, 0.5) is 0 Å². The summed E-state index contributed by atoms with van der Waals surface area (Å²) < 4.78 is 11.1. The Morgan fingerprint density at radius 2 is 1.06 bits per heavy atom. The van der Waals surface area contributed by atoms with Crippen LogP contribution in [0.25, 0.3) is 0 Å². The van der Waals surface area contributed by atoms with Crippen molar-refractivity contribution in [1.82, 2.24) is 0 Å². The lowest BCUT2D eigenvalue weighted by molar-refractivity contribution is 0.0797. The van der Waals surface area contributed by atoms with Crippen molar-refractivity contribution in [2.24, 2.45) is 17.8 Å². The van der Waals surface area contributed by atoms with Crippen LogP contribution in [0, 0.1) is 17.8 Å². The van der Waals surface area contributed by atoms with E-state index in [9.17, 15) is 0 Å². The predicted octanol–water partition coefficient (Wildman–Crippen LogP) is 3.75. The van der Waals surface area contributed by atoms with E-state index in [1.54, 1.807) is 0 Å². The van der Waals surface area contributed by atoms with Gasteiger partial charge in [0.1, 0.15) is 0 Å². The summed E-state index contributed by atoms with van der Waals surface area (Å²) >= 11 is 0. The third-order valence-corrected chi connectivity index (χ3v) is 2.41. The minimum Gasteiger partial charge on any atom is -0.381 e. The van der Waals surface area contributed by atoms with Gasteiger partial charge in [0.15, 0.2) is 0 Å². The fourth-order valence-electron chi connectivity index (χ4n) is 1.35. The molecule has 0 aromatic rings. The molecule has 98 valence electrons. The first kappa shape index (κ1) is 15.9. The maximum atomic E-state index is 5.57. The van der Waals surface area contributed by atoms with Crippen LogP contribution in [-0.2, 0) is 9.47 Å². The van der Waals surface area contributed by atoms with Crippen LogP contribution in [0.2, 0.25) is 0 Å². The van der Waals surface area contributed by atoms with E-state index in [0.29, 0.717) is 17.8 Å². The largest absolute Gasteiger partial charge is 0.381 e. The zero-order valence-corrected chi connectivity index (χ0v) is 11.8. The molecule has 0 radical (unpaired) electrons. The second-order valence-corrected chi connectivity index (χ2v) is 5.62. The molecule has 0 saturated carbocycles. The second-order valence-electron chi connectivity index (χ2n) is 5.62. The standard InChI is InChI=1S/C14H30O2/c1-12(2)10-15-8-6-14(5)7-9-16-11-13(3)4/h12-14H,6-11H2,1-5H3. The Balaban J connectivity index is 3.21. The molecule has 0 amide bonds. The quantitative estimate of drug-likeness (QED) is 0.532. The van der Waals surface area contributed by atoms with Crippen molar-refractivity contribution < 1.29 is 9.47 Å². The lowest BCUT2D eigenvalue weighted by atomic mass is 10.1. The first-order valence-electron chi connectivity index (χ1n) is 6.67. The van der Waals surface area contributed by atoms with Crippen molar-refractivity contribution in [3.05, 3.63) is 0 Å². The maximum Gasteiger partial charge on any atom is 0.0488 e. The monoisotopic (exact) mass is 230 g/mol. The summed E-state index contributed by atoms with van der Waals surface area (Å²) in [7, 11) is 0. The van der Waals surface area contributed by atoms with Crippen molar-refractivity contribution in [3.8, 4) is 0 Å². The Morgan fingerprint density at radius 3 is 1.38 bits per heavy atom. The molecular weight excluding hydrogens is 200 g/mol. The van der Waals surface area contributed by atoms with Crippen LogP contribution >= 0.6 is 0 Å². The van der Waals surface area contributed by atoms with Crippen molar-refractivity contribution >= 4 is 0 Å². The number of hydrogen-bond acceptors (Lipinski definition) is 2. The molecule has 0 unspecified atom stereocenters. The van der Waals surface area contributed by atoms with Gasteiger partial charge in [-0.05, 0) is 30.6 Å². The first-order valence-corrected chi connectivity index (χ1v) is 6.67. The Morgan fingerprint density at radius 1 is 0.688 bits per heavy atom. The van der Waals surface area contributed by atoms with Crippen LogP contribution < -0.4 is 0 Å². The Kier molecular flexibility index (Phi) is 10.0. The third-order valence-electron chi connectivity index (χ3n) is 2.41. The van der Waals surface area contributed by atoms with Crippen molar-refractivity contribution in [1.29, 1.82) is 0 Å². The number of ether oxygens (including phenoxy) is 2. The summed E-state index contributed by atoms with van der Waals surface area (Å²) in [5, 5.41) is 0. The minimum absolute atomic E-state index is 0.643. The topological polar surface area (TPSA) is 18.5 Å². The lowest BCUT2D eigenvalue weighted by Crippen LogP contribution is -2.10. The fraction of sp³-hybridized carbons (Fsp3) is 1.00. The van der Waals surface area contributed by atoms with Gasteiger partial charge < -0.3 is 9.47 Å². The van der Waals surface area contributed by atoms with E-state index in [4.69, 9.17) is 9.47 Å². The average Bonchev–Trinajstić information content (AvgIpc) is 2.19. The number of rotatable bonds is 10. The highest BCUT2D eigenvalue weighted by molar-refractivity contribution is 4.53. The summed E-state index contributed by atoms with van der Waals surface area (Å²) in [4.78, 5) is 0. The highest BCUT2D eigenvalue weighted by Crippen LogP contribution is 2.08. The van der Waals surface area contributed by atoms with E-state index in [0.717, 1.165) is 39.3 Å². The molecule has 2 nitrogen and oxygen atoms in total. The molecule has 0 saturated heterocycles. The highest BCUT2D eigenvalue weighted by atomic mass is 16.5. The maximum absolute atomic E-state index is 5.57. The second kappa shape index (κ2) is 10.1. The normalized spacial score (nSPS) is 12.0. The summed E-state index contributed by atoms with van der Waals surface area (Å²) in [6.45, 7) is 14.6. The molecule has 0 aliphatic heterocycles. The van der Waals surface area contributed by atoms with Crippen molar-refractivity contribution in [3.63, 3.8) is 0 Å². The van der Waals surface area contributed by atoms with Gasteiger partial charge in [-0.2, -0.15) is 0 Å². The van der Waals surface area contributed by atoms with Crippen LogP contribution in [0.5, 0.6) is 0 Å². The molecule has 0 bridgehead atoms. The van der Waals surface area contributed by atoms with Gasteiger partial charge in [-0.25, -0.2) is 0 Å². The molecular formula is C14H30O2. The van der Waals surface area contributed by atoms with E-state index in [2.05, 4.69) is 34.6 Å². The minimum atomic E-state index is 0.643. The lowest BCUT2D eigenvalue weighted by Gasteiger charge is -2.13. The van der Waals surface area contributed by atoms with Gasteiger partial charge in [-0.1, -0.05) is 34.6 Å². The fourth-order valence-corrected chi connectivity index (χ4v) is 1.35. The molecule has 0 rings (SSSR count). The molecule has 0 spiro atoms. The molecule has 0 atom stereocenters. The van der Waals surface area contributed by atoms with E-state index in [1.165, 1.54) is 0 Å². The van der Waals surface area contributed by atoms with E-state index in [-0.39, 0.29) is 0 Å². The molecule has 0 aliphatic carbocycles. The van der Waals surface area contributed by atoms with E-state index < -0.39 is 0 Å². The number of hydrogen-bond donors (Lipinski definition) is 0. The zero-order valence-electron chi connectivity index (χ0n) is 11.8. The third kappa shape index (κ3) is 12.0. The molecule has 0 aromatic carbocycles. The van der Waals surface area contributed by atoms with Crippen LogP contribution in [0.15, 0.2) is 0 Å². The van der Waals surface area contributed by atoms with Gasteiger partial charge in [-0.15, -0.1) is 0 Å². The van der Waals surface area contributed by atoms with Gasteiger partial charge in [-0.3, -0.25) is 0 Å². The molecule has 0 aromatic heterocycles. The Bertz CT molecular complexity index is 128. The summed E-state index contributed by atoms with van der Waals surface area (Å²) in [5.41, 5.74) is 0. The van der Waals surface area contributed by atoms with Gasteiger partial charge in [0, 0.05) is 26.4 Å². The van der Waals surface area contributed by atoms with Gasteiger partial charge in [0.25, 0.3) is 0 Å². The summed E-state index contributed by atoms with van der Waals surface area (Å²) in [6, 6.07) is 0. The molecule has 0 aliphatic rings. The SMILES string of the molecule is CC(C)COCCC(C)CCOCC(C)C. The first-order chi connectivity index (χ1) is 7.52. The van der Waals surface area contributed by atoms with Gasteiger partial charge >= 0.3 is 0 Å². The highest BCUT2D eigenvalue weighted by Gasteiger charge is 2.03. The van der Waals surface area contributed by atoms with Crippen LogP contribution in [0.3, 0.4) is 0 Å². The Hall–Kier alpha value is -0.0800. The van der Waals surface area contributed by atoms with E-state index in [1.807, 2.05) is 0 Å². The molecule has 16 heavy (non-hydrogen) atoms. The summed E-state index contributed by atoms with van der Waals surface area (Å²) in [5.74, 6) is 1.99. The Labute approximate surface area is 102 Å². The van der Waals surface area contributed by atoms with Crippen molar-refractivity contribution in [2.75, 3.05) is 26.4 Å². The molecule has 0 heterocycles. The average molecular weight is 230 g/mol. The smallest absolute Gasteiger partial charge is 0.0488 e. The van der Waals surface area contributed by atoms with E-state index >= 15 is 0 Å². The molecule has 0 N–H and O–H groups in total. The van der Waals surface area contributed by atoms with Gasteiger partial charge in [0.05, 0.1) is 0 Å². The van der Waals surface area contributed by atoms with Crippen LogP contribution in [-0.4, -0.2) is 26.4 Å². The van der Waals surface area contributed by atoms with Crippen LogP contribution in [0.1, 0.15) is 47.5 Å².